The zero-order valence-corrected chi connectivity index (χ0v) is 12.8. The van der Waals surface area contributed by atoms with Gasteiger partial charge in [-0.15, -0.1) is 0 Å². The maximum absolute atomic E-state index is 10.3. The van der Waals surface area contributed by atoms with E-state index < -0.39 is 5.60 Å². The van der Waals surface area contributed by atoms with Gasteiger partial charge in [-0.1, -0.05) is 41.3 Å². The quantitative estimate of drug-likeness (QED) is 0.789. The van der Waals surface area contributed by atoms with Crippen LogP contribution in [0.1, 0.15) is 32.1 Å². The van der Waals surface area contributed by atoms with Gasteiger partial charge in [0.05, 0.1) is 5.60 Å². The van der Waals surface area contributed by atoms with Gasteiger partial charge >= 0.3 is 0 Å². The van der Waals surface area contributed by atoms with Crippen molar-refractivity contribution >= 4 is 15.9 Å². The van der Waals surface area contributed by atoms with Crippen LogP contribution >= 0.6 is 15.9 Å². The van der Waals surface area contributed by atoms with Crippen molar-refractivity contribution < 1.29 is 9.84 Å². The first-order valence-corrected chi connectivity index (χ1v) is 7.79. The lowest BCUT2D eigenvalue weighted by Gasteiger charge is -2.32. The van der Waals surface area contributed by atoms with Crippen LogP contribution in [0.2, 0.25) is 0 Å². The summed E-state index contributed by atoms with van der Waals surface area (Å²) in [5, 5.41) is 13.6. The Hall–Kier alpha value is -0.580. The van der Waals surface area contributed by atoms with Gasteiger partial charge in [0.1, 0.15) is 12.4 Å². The molecule has 1 aromatic rings. The topological polar surface area (TPSA) is 41.5 Å². The summed E-state index contributed by atoms with van der Waals surface area (Å²) in [5.74, 6) is 0.868. The molecule has 0 bridgehead atoms. The lowest BCUT2D eigenvalue weighted by atomic mass is 9.85. The van der Waals surface area contributed by atoms with Gasteiger partial charge in [0.2, 0.25) is 0 Å². The molecule has 0 aromatic heterocycles. The summed E-state index contributed by atoms with van der Waals surface area (Å²) >= 11 is 3.42. The summed E-state index contributed by atoms with van der Waals surface area (Å²) in [4.78, 5) is 0. The van der Waals surface area contributed by atoms with E-state index in [0.29, 0.717) is 13.2 Å². The second-order valence-corrected chi connectivity index (χ2v) is 6.18. The molecule has 0 aliphatic heterocycles. The van der Waals surface area contributed by atoms with Crippen molar-refractivity contribution in [1.29, 1.82) is 0 Å². The first-order chi connectivity index (χ1) is 9.18. The third-order valence-corrected chi connectivity index (χ3v) is 4.08. The standard InChI is InChI=1S/C15H22BrNO2/c16-13-5-4-6-14(11-13)19-10-9-17-12-15(18)7-2-1-3-8-15/h4-6,11,17-18H,1-3,7-10,12H2. The predicted molar refractivity (Wildman–Crippen MR) is 80.5 cm³/mol. The van der Waals surface area contributed by atoms with Gasteiger partial charge in [0.25, 0.3) is 0 Å². The van der Waals surface area contributed by atoms with E-state index in [1.54, 1.807) is 0 Å². The molecule has 3 nitrogen and oxygen atoms in total. The second-order valence-electron chi connectivity index (χ2n) is 5.27. The Morgan fingerprint density at radius 3 is 2.79 bits per heavy atom. The van der Waals surface area contributed by atoms with Crippen LogP contribution in [-0.2, 0) is 0 Å². The molecule has 1 aliphatic rings. The van der Waals surface area contributed by atoms with Crippen molar-refractivity contribution in [1.82, 2.24) is 5.32 Å². The van der Waals surface area contributed by atoms with Crippen molar-refractivity contribution in [2.45, 2.75) is 37.7 Å². The number of nitrogens with one attached hydrogen (secondary N) is 1. The molecular weight excluding hydrogens is 306 g/mol. The molecule has 1 fully saturated rings. The average molecular weight is 328 g/mol. The number of aliphatic hydroxyl groups is 1. The maximum atomic E-state index is 10.3. The van der Waals surface area contributed by atoms with E-state index in [1.165, 1.54) is 6.42 Å². The Morgan fingerprint density at radius 2 is 2.05 bits per heavy atom. The minimum atomic E-state index is -0.492. The molecule has 1 aromatic carbocycles. The Bertz CT molecular complexity index is 391. The number of halogens is 1. The number of hydrogen-bond donors (Lipinski definition) is 2. The van der Waals surface area contributed by atoms with Gasteiger partial charge in [-0.25, -0.2) is 0 Å². The summed E-state index contributed by atoms with van der Waals surface area (Å²) in [6.45, 7) is 2.05. The van der Waals surface area contributed by atoms with Crippen molar-refractivity contribution in [3.63, 3.8) is 0 Å². The van der Waals surface area contributed by atoms with Crippen LogP contribution in [0.5, 0.6) is 5.75 Å². The molecule has 0 amide bonds. The minimum Gasteiger partial charge on any atom is -0.492 e. The monoisotopic (exact) mass is 327 g/mol. The fourth-order valence-electron chi connectivity index (χ4n) is 2.51. The third kappa shape index (κ3) is 5.13. The van der Waals surface area contributed by atoms with Crippen LogP contribution in [0.3, 0.4) is 0 Å². The van der Waals surface area contributed by atoms with Crippen LogP contribution in [0.4, 0.5) is 0 Å². The molecule has 2 rings (SSSR count). The Labute approximate surface area is 123 Å². The Kier molecular flexibility index (Phi) is 5.67. The van der Waals surface area contributed by atoms with Gasteiger partial charge in [-0.3, -0.25) is 0 Å². The minimum absolute atomic E-state index is 0.492. The van der Waals surface area contributed by atoms with E-state index in [2.05, 4.69) is 21.2 Å². The molecule has 0 unspecified atom stereocenters. The van der Waals surface area contributed by atoms with E-state index in [1.807, 2.05) is 24.3 Å². The highest BCUT2D eigenvalue weighted by atomic mass is 79.9. The van der Waals surface area contributed by atoms with Gasteiger partial charge in [-0.2, -0.15) is 0 Å². The highest BCUT2D eigenvalue weighted by Gasteiger charge is 2.28. The first-order valence-electron chi connectivity index (χ1n) is 6.99. The van der Waals surface area contributed by atoms with Crippen molar-refractivity contribution in [3.05, 3.63) is 28.7 Å². The van der Waals surface area contributed by atoms with E-state index in [0.717, 1.165) is 42.5 Å². The SMILES string of the molecule is OC1(CNCCOc2cccc(Br)c2)CCCCC1. The number of ether oxygens (including phenoxy) is 1. The van der Waals surface area contributed by atoms with Crippen LogP contribution < -0.4 is 10.1 Å². The third-order valence-electron chi connectivity index (χ3n) is 3.58. The summed E-state index contributed by atoms with van der Waals surface area (Å²) in [5.41, 5.74) is -0.492. The van der Waals surface area contributed by atoms with Crippen LogP contribution in [0.25, 0.3) is 0 Å². The smallest absolute Gasteiger partial charge is 0.120 e. The summed E-state index contributed by atoms with van der Waals surface area (Å²) < 4.78 is 6.66. The average Bonchev–Trinajstić information content (AvgIpc) is 2.39. The lowest BCUT2D eigenvalue weighted by molar-refractivity contribution is 0.00457. The van der Waals surface area contributed by atoms with E-state index in [-0.39, 0.29) is 0 Å². The molecule has 0 spiro atoms. The molecule has 0 radical (unpaired) electrons. The fraction of sp³-hybridized carbons (Fsp3) is 0.600. The molecule has 0 heterocycles. The normalized spacial score (nSPS) is 18.2. The molecule has 0 saturated heterocycles. The van der Waals surface area contributed by atoms with Crippen molar-refractivity contribution in [2.75, 3.05) is 19.7 Å². The predicted octanol–water partition coefficient (Wildman–Crippen LogP) is 3.11. The number of benzene rings is 1. The maximum Gasteiger partial charge on any atom is 0.120 e. The molecule has 0 atom stereocenters. The molecule has 19 heavy (non-hydrogen) atoms. The second kappa shape index (κ2) is 7.27. The van der Waals surface area contributed by atoms with Crippen LogP contribution in [0, 0.1) is 0 Å². The summed E-state index contributed by atoms with van der Waals surface area (Å²) in [6.07, 6.45) is 5.40. The largest absolute Gasteiger partial charge is 0.492 e. The van der Waals surface area contributed by atoms with E-state index >= 15 is 0 Å². The van der Waals surface area contributed by atoms with Crippen molar-refractivity contribution in [2.24, 2.45) is 0 Å². The first kappa shape index (κ1) is 14.8. The van der Waals surface area contributed by atoms with E-state index in [9.17, 15) is 5.11 Å². The Balaban J connectivity index is 1.62. The molecule has 4 heteroatoms. The number of hydrogen-bond acceptors (Lipinski definition) is 3. The van der Waals surface area contributed by atoms with E-state index in [4.69, 9.17) is 4.74 Å². The molecular formula is C15H22BrNO2. The fourth-order valence-corrected chi connectivity index (χ4v) is 2.88. The summed E-state index contributed by atoms with van der Waals surface area (Å²) in [7, 11) is 0. The zero-order chi connectivity index (χ0) is 13.6. The molecule has 106 valence electrons. The lowest BCUT2D eigenvalue weighted by Crippen LogP contribution is -2.43. The van der Waals surface area contributed by atoms with Crippen LogP contribution in [-0.4, -0.2) is 30.4 Å². The Morgan fingerprint density at radius 1 is 1.26 bits per heavy atom. The number of rotatable bonds is 6. The summed E-state index contributed by atoms with van der Waals surface area (Å²) in [6, 6.07) is 7.83. The van der Waals surface area contributed by atoms with Gasteiger partial charge in [0.15, 0.2) is 0 Å². The zero-order valence-electron chi connectivity index (χ0n) is 11.2. The highest BCUT2D eigenvalue weighted by Crippen LogP contribution is 2.27. The highest BCUT2D eigenvalue weighted by molar-refractivity contribution is 9.10. The molecule has 1 aliphatic carbocycles. The van der Waals surface area contributed by atoms with Gasteiger partial charge < -0.3 is 15.2 Å². The molecule has 1 saturated carbocycles. The van der Waals surface area contributed by atoms with Gasteiger partial charge in [-0.05, 0) is 31.0 Å². The molecule has 2 N–H and O–H groups in total. The van der Waals surface area contributed by atoms with Crippen LogP contribution in [0.15, 0.2) is 28.7 Å². The van der Waals surface area contributed by atoms with Gasteiger partial charge in [0, 0.05) is 17.6 Å². The van der Waals surface area contributed by atoms with Crippen molar-refractivity contribution in [3.8, 4) is 5.75 Å².